The van der Waals surface area contributed by atoms with Crippen LogP contribution in [0, 0.1) is 5.92 Å². The Morgan fingerprint density at radius 2 is 2.00 bits per heavy atom. The van der Waals surface area contributed by atoms with Crippen LogP contribution in [0.15, 0.2) is 18.2 Å². The molecular weight excluding hydrogens is 271 g/mol. The molecule has 0 saturated heterocycles. The first-order chi connectivity index (χ1) is 8.00. The second-order valence-corrected chi connectivity index (χ2v) is 5.36. The number of hydrogen-bond donors (Lipinski definition) is 2. The minimum absolute atomic E-state index is 0. The first kappa shape index (κ1) is 15.6. The van der Waals surface area contributed by atoms with Gasteiger partial charge in [0.1, 0.15) is 0 Å². The highest BCUT2D eigenvalue weighted by molar-refractivity contribution is 6.31. The van der Waals surface area contributed by atoms with Gasteiger partial charge in [0.15, 0.2) is 0 Å². The quantitative estimate of drug-likeness (QED) is 0.896. The van der Waals surface area contributed by atoms with Crippen LogP contribution in [0.2, 0.25) is 5.02 Å². The first-order valence-electron chi connectivity index (χ1n) is 5.91. The zero-order valence-corrected chi connectivity index (χ0v) is 12.2. The number of aliphatic hydroxyl groups is 1. The summed E-state index contributed by atoms with van der Waals surface area (Å²) in [7, 11) is 3.93. The Bertz CT molecular complexity index is 408. The summed E-state index contributed by atoms with van der Waals surface area (Å²) in [6.45, 7) is 0. The lowest BCUT2D eigenvalue weighted by Crippen LogP contribution is -2.28. The second kappa shape index (κ2) is 6.11. The molecule has 3 N–H and O–H groups in total. The zero-order valence-electron chi connectivity index (χ0n) is 10.6. The van der Waals surface area contributed by atoms with Crippen molar-refractivity contribution >= 4 is 29.7 Å². The molecule has 2 rings (SSSR count). The average Bonchev–Trinajstić information content (AvgIpc) is 3.10. The first-order valence-corrected chi connectivity index (χ1v) is 6.29. The molecule has 0 amide bonds. The topological polar surface area (TPSA) is 49.5 Å². The summed E-state index contributed by atoms with van der Waals surface area (Å²) < 4.78 is 0. The highest BCUT2D eigenvalue weighted by Crippen LogP contribution is 2.39. The summed E-state index contributed by atoms with van der Waals surface area (Å²) in [5, 5.41) is 10.6. The summed E-state index contributed by atoms with van der Waals surface area (Å²) >= 11 is 6.22. The van der Waals surface area contributed by atoms with Crippen LogP contribution in [0.5, 0.6) is 0 Å². The van der Waals surface area contributed by atoms with Gasteiger partial charge < -0.3 is 15.7 Å². The van der Waals surface area contributed by atoms with Gasteiger partial charge in [0.25, 0.3) is 0 Å². The van der Waals surface area contributed by atoms with Gasteiger partial charge in [-0.05, 0) is 36.5 Å². The summed E-state index contributed by atoms with van der Waals surface area (Å²) in [5.41, 5.74) is 7.92. The lowest BCUT2D eigenvalue weighted by atomic mass is 9.99. The van der Waals surface area contributed by atoms with Crippen LogP contribution in [0.4, 0.5) is 5.69 Å². The molecule has 0 heterocycles. The second-order valence-electron chi connectivity index (χ2n) is 4.95. The van der Waals surface area contributed by atoms with Crippen LogP contribution in [0.1, 0.15) is 24.4 Å². The van der Waals surface area contributed by atoms with E-state index in [0.29, 0.717) is 10.9 Å². The monoisotopic (exact) mass is 290 g/mol. The van der Waals surface area contributed by atoms with E-state index in [1.807, 2.05) is 37.2 Å². The van der Waals surface area contributed by atoms with Crippen LogP contribution in [0.25, 0.3) is 0 Å². The molecule has 1 fully saturated rings. The molecule has 18 heavy (non-hydrogen) atoms. The van der Waals surface area contributed by atoms with E-state index in [1.54, 1.807) is 0 Å². The molecule has 1 aliphatic rings. The number of aliphatic hydroxyl groups excluding tert-OH is 1. The molecule has 0 aromatic heterocycles. The molecule has 0 aliphatic heterocycles. The molecule has 5 heteroatoms. The van der Waals surface area contributed by atoms with Crippen LogP contribution < -0.4 is 10.6 Å². The Morgan fingerprint density at radius 1 is 1.39 bits per heavy atom. The molecule has 1 aromatic carbocycles. The molecule has 0 spiro atoms. The molecule has 102 valence electrons. The minimum Gasteiger partial charge on any atom is -0.391 e. The Kier molecular flexibility index (Phi) is 5.29. The van der Waals surface area contributed by atoms with E-state index < -0.39 is 6.10 Å². The Hall–Kier alpha value is -0.480. The SMILES string of the molecule is CN(C)c1ccc([C@H](N)[C@H](O)C2CC2)c(Cl)c1.Cl. The van der Waals surface area contributed by atoms with Crippen molar-refractivity contribution in [1.29, 1.82) is 0 Å². The van der Waals surface area contributed by atoms with E-state index in [0.717, 1.165) is 24.1 Å². The summed E-state index contributed by atoms with van der Waals surface area (Å²) in [6, 6.07) is 5.39. The Labute approximate surface area is 119 Å². The van der Waals surface area contributed by atoms with E-state index in [4.69, 9.17) is 17.3 Å². The minimum atomic E-state index is -0.474. The van der Waals surface area contributed by atoms with Crippen LogP contribution in [-0.2, 0) is 0 Å². The number of benzene rings is 1. The van der Waals surface area contributed by atoms with Crippen molar-refractivity contribution in [3.8, 4) is 0 Å². The highest BCUT2D eigenvalue weighted by atomic mass is 35.5. The third kappa shape index (κ3) is 3.29. The van der Waals surface area contributed by atoms with Gasteiger partial charge in [-0.15, -0.1) is 12.4 Å². The van der Waals surface area contributed by atoms with Gasteiger partial charge in [-0.3, -0.25) is 0 Å². The van der Waals surface area contributed by atoms with Crippen LogP contribution in [-0.4, -0.2) is 25.3 Å². The van der Waals surface area contributed by atoms with Gasteiger partial charge in [0.2, 0.25) is 0 Å². The third-order valence-electron chi connectivity index (χ3n) is 3.33. The maximum absolute atomic E-state index is 10.0. The fraction of sp³-hybridized carbons (Fsp3) is 0.538. The average molecular weight is 291 g/mol. The number of anilines is 1. The van der Waals surface area contributed by atoms with E-state index >= 15 is 0 Å². The largest absolute Gasteiger partial charge is 0.391 e. The van der Waals surface area contributed by atoms with Crippen molar-refractivity contribution < 1.29 is 5.11 Å². The molecule has 2 atom stereocenters. The zero-order chi connectivity index (χ0) is 12.6. The van der Waals surface area contributed by atoms with Crippen molar-refractivity contribution in [1.82, 2.24) is 0 Å². The number of nitrogens with zero attached hydrogens (tertiary/aromatic N) is 1. The third-order valence-corrected chi connectivity index (χ3v) is 3.66. The smallest absolute Gasteiger partial charge is 0.0761 e. The standard InChI is InChI=1S/C13H19ClN2O.ClH/c1-16(2)9-5-6-10(11(14)7-9)12(15)13(17)8-3-4-8;/h5-8,12-13,17H,3-4,15H2,1-2H3;1H/t12-,13+;/m0./s1. The van der Waals surface area contributed by atoms with Crippen LogP contribution in [0.3, 0.4) is 0 Å². The number of halogens is 2. The van der Waals surface area contributed by atoms with Gasteiger partial charge in [0, 0.05) is 24.8 Å². The van der Waals surface area contributed by atoms with Crippen molar-refractivity contribution in [3.05, 3.63) is 28.8 Å². The van der Waals surface area contributed by atoms with Crippen LogP contribution >= 0.6 is 24.0 Å². The van der Waals surface area contributed by atoms with Crippen molar-refractivity contribution in [2.24, 2.45) is 11.7 Å². The van der Waals surface area contributed by atoms with E-state index in [9.17, 15) is 5.11 Å². The van der Waals surface area contributed by atoms with Gasteiger partial charge >= 0.3 is 0 Å². The van der Waals surface area contributed by atoms with E-state index in [2.05, 4.69) is 0 Å². The number of rotatable bonds is 4. The lowest BCUT2D eigenvalue weighted by molar-refractivity contribution is 0.122. The van der Waals surface area contributed by atoms with Gasteiger partial charge in [-0.1, -0.05) is 17.7 Å². The molecular formula is C13H20Cl2N2O. The maximum Gasteiger partial charge on any atom is 0.0761 e. The van der Waals surface area contributed by atoms with E-state index in [1.165, 1.54) is 0 Å². The predicted octanol–water partition coefficient (Wildman–Crippen LogP) is 2.60. The molecule has 1 saturated carbocycles. The van der Waals surface area contributed by atoms with Gasteiger partial charge in [0.05, 0.1) is 12.1 Å². The van der Waals surface area contributed by atoms with Crippen molar-refractivity contribution in [2.45, 2.75) is 25.0 Å². The lowest BCUT2D eigenvalue weighted by Gasteiger charge is -2.21. The molecule has 1 aromatic rings. The Balaban J connectivity index is 0.00000162. The molecule has 0 unspecified atom stereocenters. The summed E-state index contributed by atoms with van der Waals surface area (Å²) in [6.07, 6.45) is 1.67. The van der Waals surface area contributed by atoms with Crippen molar-refractivity contribution in [3.63, 3.8) is 0 Å². The molecule has 3 nitrogen and oxygen atoms in total. The maximum atomic E-state index is 10.0. The predicted molar refractivity (Wildman–Crippen MR) is 78.7 cm³/mol. The summed E-state index contributed by atoms with van der Waals surface area (Å²) in [5.74, 6) is 0.356. The van der Waals surface area contributed by atoms with E-state index in [-0.39, 0.29) is 18.4 Å². The summed E-state index contributed by atoms with van der Waals surface area (Å²) in [4.78, 5) is 1.98. The normalized spacial score (nSPS) is 17.8. The number of hydrogen-bond acceptors (Lipinski definition) is 3. The highest BCUT2D eigenvalue weighted by Gasteiger charge is 2.34. The molecule has 0 radical (unpaired) electrons. The van der Waals surface area contributed by atoms with Crippen molar-refractivity contribution in [2.75, 3.05) is 19.0 Å². The fourth-order valence-electron chi connectivity index (χ4n) is 1.98. The number of nitrogens with two attached hydrogens (primary N) is 1. The van der Waals surface area contributed by atoms with Gasteiger partial charge in [-0.2, -0.15) is 0 Å². The Morgan fingerprint density at radius 3 is 2.44 bits per heavy atom. The fourth-order valence-corrected chi connectivity index (χ4v) is 2.28. The molecule has 0 bridgehead atoms. The van der Waals surface area contributed by atoms with Gasteiger partial charge in [-0.25, -0.2) is 0 Å². The molecule has 1 aliphatic carbocycles.